The third-order valence-corrected chi connectivity index (χ3v) is 3.21. The molecule has 0 saturated heterocycles. The van der Waals surface area contributed by atoms with Crippen LogP contribution in [0.1, 0.15) is 18.2 Å². The molecule has 2 rings (SSSR count). The maximum Gasteiger partial charge on any atom is 0.0790 e. The monoisotopic (exact) mass is 280 g/mol. The molecule has 3 nitrogen and oxygen atoms in total. The molecule has 0 aliphatic rings. The third-order valence-electron chi connectivity index (χ3n) is 2.54. The van der Waals surface area contributed by atoms with Crippen molar-refractivity contribution in [2.24, 2.45) is 0 Å². The first-order valence-electron chi connectivity index (χ1n) is 5.19. The molecule has 0 bridgehead atoms. The van der Waals surface area contributed by atoms with E-state index >= 15 is 0 Å². The molecule has 0 aliphatic carbocycles. The lowest BCUT2D eigenvalue weighted by Crippen LogP contribution is -2.03. The predicted octanol–water partition coefficient (Wildman–Crippen LogP) is 2.69. The Bertz CT molecular complexity index is 494. The molecule has 1 aromatic carbocycles. The minimum Gasteiger partial charge on any atom is -0.392 e. The van der Waals surface area contributed by atoms with Gasteiger partial charge in [-0.25, -0.2) is 4.68 Å². The molecule has 0 amide bonds. The Morgan fingerprint density at radius 1 is 1.38 bits per heavy atom. The average Bonchev–Trinajstić information content (AvgIpc) is 2.72. The predicted molar refractivity (Wildman–Crippen MR) is 66.6 cm³/mol. The molecule has 0 saturated carbocycles. The average molecular weight is 281 g/mol. The number of aliphatic hydroxyl groups excluding tert-OH is 1. The highest BCUT2D eigenvalue weighted by molar-refractivity contribution is 9.10. The molecule has 4 heteroatoms. The Hall–Kier alpha value is -1.13. The zero-order valence-electron chi connectivity index (χ0n) is 9.02. The molecular weight excluding hydrogens is 268 g/mol. The van der Waals surface area contributed by atoms with Crippen LogP contribution in [0.4, 0.5) is 0 Å². The summed E-state index contributed by atoms with van der Waals surface area (Å²) in [6.07, 6.45) is 2.56. The molecule has 0 radical (unpaired) electrons. The number of rotatable bonds is 3. The van der Waals surface area contributed by atoms with E-state index in [9.17, 15) is 5.11 Å². The Labute approximate surface area is 103 Å². The van der Waals surface area contributed by atoms with E-state index in [1.165, 1.54) is 0 Å². The van der Waals surface area contributed by atoms with Gasteiger partial charge in [0.15, 0.2) is 0 Å². The third kappa shape index (κ3) is 1.90. The van der Waals surface area contributed by atoms with Gasteiger partial charge in [-0.2, -0.15) is 5.10 Å². The number of benzene rings is 1. The summed E-state index contributed by atoms with van der Waals surface area (Å²) in [4.78, 5) is 0. The summed E-state index contributed by atoms with van der Waals surface area (Å²) >= 11 is 3.50. The van der Waals surface area contributed by atoms with Crippen molar-refractivity contribution >= 4 is 15.9 Å². The summed E-state index contributed by atoms with van der Waals surface area (Å²) in [5, 5.41) is 13.5. The number of aliphatic hydroxyl groups is 1. The summed E-state index contributed by atoms with van der Waals surface area (Å²) in [7, 11) is 0. The van der Waals surface area contributed by atoms with Gasteiger partial charge in [0.25, 0.3) is 0 Å². The molecule has 1 aromatic heterocycles. The number of hydrogen-bond acceptors (Lipinski definition) is 2. The SMILES string of the molecule is CCc1c(CO)cnn1-c1ccccc1Br. The van der Waals surface area contributed by atoms with Crippen LogP contribution in [0.25, 0.3) is 5.69 Å². The maximum atomic E-state index is 9.21. The zero-order chi connectivity index (χ0) is 11.5. The smallest absolute Gasteiger partial charge is 0.0790 e. The lowest BCUT2D eigenvalue weighted by Gasteiger charge is -2.08. The van der Waals surface area contributed by atoms with Gasteiger partial charge in [0.05, 0.1) is 18.5 Å². The van der Waals surface area contributed by atoms with Crippen molar-refractivity contribution in [3.63, 3.8) is 0 Å². The lowest BCUT2D eigenvalue weighted by atomic mass is 10.2. The van der Waals surface area contributed by atoms with E-state index in [0.29, 0.717) is 0 Å². The molecule has 0 fully saturated rings. The molecule has 2 aromatic rings. The molecule has 1 heterocycles. The highest BCUT2D eigenvalue weighted by Crippen LogP contribution is 2.23. The van der Waals surface area contributed by atoms with Crippen molar-refractivity contribution in [3.8, 4) is 5.69 Å². The zero-order valence-corrected chi connectivity index (χ0v) is 10.6. The Kier molecular flexibility index (Phi) is 3.41. The van der Waals surface area contributed by atoms with Gasteiger partial charge in [0, 0.05) is 15.7 Å². The molecule has 1 N–H and O–H groups in total. The first-order chi connectivity index (χ1) is 7.77. The van der Waals surface area contributed by atoms with E-state index in [1.54, 1.807) is 6.20 Å². The van der Waals surface area contributed by atoms with E-state index in [2.05, 4.69) is 28.0 Å². The first kappa shape index (κ1) is 11.4. The van der Waals surface area contributed by atoms with E-state index in [-0.39, 0.29) is 6.61 Å². The van der Waals surface area contributed by atoms with Crippen molar-refractivity contribution in [1.82, 2.24) is 9.78 Å². The van der Waals surface area contributed by atoms with Crippen LogP contribution in [0.3, 0.4) is 0 Å². The van der Waals surface area contributed by atoms with Crippen LogP contribution in [0.15, 0.2) is 34.9 Å². The number of para-hydroxylation sites is 1. The van der Waals surface area contributed by atoms with E-state index < -0.39 is 0 Å². The van der Waals surface area contributed by atoms with Gasteiger partial charge in [0.1, 0.15) is 0 Å². The van der Waals surface area contributed by atoms with Crippen LogP contribution in [-0.2, 0) is 13.0 Å². The molecule has 0 aliphatic heterocycles. The van der Waals surface area contributed by atoms with E-state index in [1.807, 2.05) is 28.9 Å². The van der Waals surface area contributed by atoms with Crippen LogP contribution in [0.2, 0.25) is 0 Å². The van der Waals surface area contributed by atoms with Crippen molar-refractivity contribution in [1.29, 1.82) is 0 Å². The van der Waals surface area contributed by atoms with Crippen molar-refractivity contribution < 1.29 is 5.11 Å². The second-order valence-corrected chi connectivity index (χ2v) is 4.35. The standard InChI is InChI=1S/C12H13BrN2O/c1-2-11-9(8-16)7-14-15(11)12-6-4-3-5-10(12)13/h3-7,16H,2,8H2,1H3. The topological polar surface area (TPSA) is 38.1 Å². The highest BCUT2D eigenvalue weighted by atomic mass is 79.9. The van der Waals surface area contributed by atoms with Gasteiger partial charge >= 0.3 is 0 Å². The molecule has 0 unspecified atom stereocenters. The summed E-state index contributed by atoms with van der Waals surface area (Å²) in [6.45, 7) is 2.09. The minimum absolute atomic E-state index is 0.0353. The molecule has 84 valence electrons. The van der Waals surface area contributed by atoms with Gasteiger partial charge in [-0.1, -0.05) is 19.1 Å². The van der Waals surface area contributed by atoms with Gasteiger partial charge < -0.3 is 5.11 Å². The van der Waals surface area contributed by atoms with Gasteiger partial charge in [-0.05, 0) is 34.5 Å². The Morgan fingerprint density at radius 2 is 2.12 bits per heavy atom. The van der Waals surface area contributed by atoms with Crippen molar-refractivity contribution in [3.05, 3.63) is 46.2 Å². The number of aromatic nitrogens is 2. The Morgan fingerprint density at radius 3 is 2.75 bits per heavy atom. The van der Waals surface area contributed by atoms with Crippen molar-refractivity contribution in [2.45, 2.75) is 20.0 Å². The maximum absolute atomic E-state index is 9.21. The fraction of sp³-hybridized carbons (Fsp3) is 0.250. The van der Waals surface area contributed by atoms with Crippen LogP contribution in [-0.4, -0.2) is 14.9 Å². The summed E-state index contributed by atoms with van der Waals surface area (Å²) in [6, 6.07) is 7.92. The van der Waals surface area contributed by atoms with E-state index in [4.69, 9.17) is 0 Å². The minimum atomic E-state index is 0.0353. The normalized spacial score (nSPS) is 10.7. The molecule has 0 spiro atoms. The van der Waals surface area contributed by atoms with Crippen molar-refractivity contribution in [2.75, 3.05) is 0 Å². The first-order valence-corrected chi connectivity index (χ1v) is 5.98. The second-order valence-electron chi connectivity index (χ2n) is 3.49. The second kappa shape index (κ2) is 4.80. The highest BCUT2D eigenvalue weighted by Gasteiger charge is 2.11. The van der Waals surface area contributed by atoms with Crippen LogP contribution < -0.4 is 0 Å². The molecular formula is C12H13BrN2O. The van der Waals surface area contributed by atoms with E-state index in [0.717, 1.165) is 27.8 Å². The lowest BCUT2D eigenvalue weighted by molar-refractivity contribution is 0.280. The fourth-order valence-electron chi connectivity index (χ4n) is 1.75. The van der Waals surface area contributed by atoms with Gasteiger partial charge in [-0.3, -0.25) is 0 Å². The largest absolute Gasteiger partial charge is 0.392 e. The number of halogens is 1. The number of nitrogens with zero attached hydrogens (tertiary/aromatic N) is 2. The number of hydrogen-bond donors (Lipinski definition) is 1. The van der Waals surface area contributed by atoms with Gasteiger partial charge in [-0.15, -0.1) is 0 Å². The van der Waals surface area contributed by atoms with Crippen LogP contribution in [0.5, 0.6) is 0 Å². The van der Waals surface area contributed by atoms with Crippen LogP contribution >= 0.6 is 15.9 Å². The quantitative estimate of drug-likeness (QED) is 0.939. The fourth-order valence-corrected chi connectivity index (χ4v) is 2.20. The molecule has 0 atom stereocenters. The van der Waals surface area contributed by atoms with Crippen LogP contribution in [0, 0.1) is 0 Å². The summed E-state index contributed by atoms with van der Waals surface area (Å²) in [5.74, 6) is 0. The molecule has 16 heavy (non-hydrogen) atoms. The Balaban J connectivity index is 2.56. The summed E-state index contributed by atoms with van der Waals surface area (Å²) in [5.41, 5.74) is 2.94. The summed E-state index contributed by atoms with van der Waals surface area (Å²) < 4.78 is 2.87. The van der Waals surface area contributed by atoms with Gasteiger partial charge in [0.2, 0.25) is 0 Å².